The first-order chi connectivity index (χ1) is 8.82. The van der Waals surface area contributed by atoms with Crippen molar-refractivity contribution < 1.29 is 4.92 Å². The lowest BCUT2D eigenvalue weighted by Crippen LogP contribution is -2.00. The number of thioether (sulfide) groups is 1. The molecule has 0 aliphatic rings. The molecule has 1 rings (SSSR count). The molecule has 0 atom stereocenters. The highest BCUT2D eigenvalue weighted by molar-refractivity contribution is 8.04. The van der Waals surface area contributed by atoms with Crippen molar-refractivity contribution in [3.05, 3.63) is 59.0 Å². The first-order valence-corrected chi connectivity index (χ1v) is 7.22. The Bertz CT molecular complexity index is 552. The predicted octanol–water partition coefficient (Wildman–Crippen LogP) is 6.00. The highest BCUT2D eigenvalue weighted by atomic mass is 35.5. The molecule has 9 heteroatoms. The van der Waals surface area contributed by atoms with Gasteiger partial charge in [0.15, 0.2) is 9.40 Å². The second-order valence-electron chi connectivity index (χ2n) is 3.01. The van der Waals surface area contributed by atoms with Crippen molar-refractivity contribution in [2.24, 2.45) is 0 Å². The molecule has 0 bridgehead atoms. The van der Waals surface area contributed by atoms with Crippen molar-refractivity contribution in [3.8, 4) is 0 Å². The molecule has 0 aromatic heterocycles. The Morgan fingerprint density at radius 1 is 1.11 bits per heavy atom. The maximum Gasteiger partial charge on any atom is 0.315 e. The van der Waals surface area contributed by atoms with Crippen molar-refractivity contribution in [2.75, 3.05) is 0 Å². The van der Waals surface area contributed by atoms with Crippen molar-refractivity contribution in [2.45, 2.75) is 4.90 Å². The molecule has 0 spiro atoms. The van der Waals surface area contributed by atoms with Gasteiger partial charge in [0.2, 0.25) is 0 Å². The molecular formula is C10H4Cl5NO2S. The van der Waals surface area contributed by atoms with Gasteiger partial charge >= 0.3 is 5.70 Å². The molecule has 0 radical (unpaired) electrons. The minimum Gasteiger partial charge on any atom is -0.258 e. The van der Waals surface area contributed by atoms with E-state index in [9.17, 15) is 10.1 Å². The number of hydrogen-bond acceptors (Lipinski definition) is 3. The Hall–Kier alpha value is -0.100. The molecule has 0 saturated carbocycles. The topological polar surface area (TPSA) is 43.1 Å². The summed E-state index contributed by atoms with van der Waals surface area (Å²) in [6.07, 6.45) is 0. The number of nitro groups is 1. The van der Waals surface area contributed by atoms with Crippen LogP contribution in [0.15, 0.2) is 48.7 Å². The van der Waals surface area contributed by atoms with Crippen molar-refractivity contribution in [3.63, 3.8) is 0 Å². The zero-order valence-electron chi connectivity index (χ0n) is 8.87. The van der Waals surface area contributed by atoms with Gasteiger partial charge in [0, 0.05) is 9.92 Å². The number of allylic oxidation sites excluding steroid dienone is 1. The summed E-state index contributed by atoms with van der Waals surface area (Å²) in [6, 6.07) is 6.58. The van der Waals surface area contributed by atoms with Gasteiger partial charge in [0.25, 0.3) is 0 Å². The molecule has 3 nitrogen and oxygen atoms in total. The van der Waals surface area contributed by atoms with E-state index in [1.165, 1.54) is 0 Å². The molecule has 0 N–H and O–H groups in total. The summed E-state index contributed by atoms with van der Waals surface area (Å²) >= 11 is 29.1. The monoisotopic (exact) mass is 377 g/mol. The van der Waals surface area contributed by atoms with E-state index in [1.54, 1.807) is 24.3 Å². The Balaban J connectivity index is 3.14. The molecular weight excluding hydrogens is 375 g/mol. The van der Waals surface area contributed by atoms with Gasteiger partial charge in [0.1, 0.15) is 4.49 Å². The average molecular weight is 379 g/mol. The third-order valence-corrected chi connectivity index (χ3v) is 4.25. The van der Waals surface area contributed by atoms with Crippen molar-refractivity contribution >= 4 is 69.8 Å². The first kappa shape index (κ1) is 17.0. The minimum atomic E-state index is -0.752. The summed E-state index contributed by atoms with van der Waals surface area (Å²) in [6.45, 7) is 0. The molecule has 1 aromatic carbocycles. The summed E-state index contributed by atoms with van der Waals surface area (Å²) in [7, 11) is 0. The highest BCUT2D eigenvalue weighted by Crippen LogP contribution is 2.37. The zero-order chi connectivity index (χ0) is 14.6. The average Bonchev–Trinajstić information content (AvgIpc) is 2.31. The number of nitrogens with zero attached hydrogens (tertiary/aromatic N) is 1. The van der Waals surface area contributed by atoms with Crippen LogP contribution in [0.1, 0.15) is 0 Å². The van der Waals surface area contributed by atoms with Crippen LogP contribution >= 0.6 is 69.8 Å². The first-order valence-electron chi connectivity index (χ1n) is 4.51. The quantitative estimate of drug-likeness (QED) is 0.279. The van der Waals surface area contributed by atoms with Gasteiger partial charge < -0.3 is 0 Å². The lowest BCUT2D eigenvalue weighted by atomic mass is 10.4. The molecule has 0 amide bonds. The van der Waals surface area contributed by atoms with E-state index in [0.29, 0.717) is 9.92 Å². The van der Waals surface area contributed by atoms with Crippen LogP contribution in [0.5, 0.6) is 0 Å². The van der Waals surface area contributed by atoms with E-state index in [4.69, 9.17) is 58.0 Å². The summed E-state index contributed by atoms with van der Waals surface area (Å²) in [5, 5.41) is 11.0. The summed E-state index contributed by atoms with van der Waals surface area (Å²) in [5.74, 6) is 0. The summed E-state index contributed by atoms with van der Waals surface area (Å²) in [5.41, 5.74) is -0.553. The molecule has 0 unspecified atom stereocenters. The third kappa shape index (κ3) is 5.06. The third-order valence-electron chi connectivity index (χ3n) is 1.76. The number of hydrogen-bond donors (Lipinski definition) is 0. The van der Waals surface area contributed by atoms with E-state index in [0.717, 1.165) is 11.8 Å². The Labute approximate surface area is 138 Å². The molecule has 0 saturated heterocycles. The Morgan fingerprint density at radius 3 is 2.05 bits per heavy atom. The van der Waals surface area contributed by atoms with Crippen LogP contribution in [0.3, 0.4) is 0 Å². The second kappa shape index (κ2) is 7.62. The van der Waals surface area contributed by atoms with E-state index in [2.05, 4.69) is 0 Å². The van der Waals surface area contributed by atoms with E-state index < -0.39 is 20.1 Å². The Morgan fingerprint density at radius 2 is 1.63 bits per heavy atom. The lowest BCUT2D eigenvalue weighted by molar-refractivity contribution is -0.419. The fourth-order valence-corrected chi connectivity index (χ4v) is 2.74. The molecule has 0 aliphatic carbocycles. The van der Waals surface area contributed by atoms with Crippen LogP contribution in [-0.2, 0) is 0 Å². The molecule has 0 fully saturated rings. The molecule has 102 valence electrons. The minimum absolute atomic E-state index is 0.156. The number of benzene rings is 1. The maximum atomic E-state index is 10.9. The van der Waals surface area contributed by atoms with Crippen LogP contribution in [0.25, 0.3) is 0 Å². The molecule has 19 heavy (non-hydrogen) atoms. The maximum absolute atomic E-state index is 10.9. The number of rotatable bonds is 4. The van der Waals surface area contributed by atoms with Crippen LogP contribution in [0.4, 0.5) is 0 Å². The van der Waals surface area contributed by atoms with E-state index in [1.807, 2.05) is 0 Å². The predicted molar refractivity (Wildman–Crippen MR) is 81.8 cm³/mol. The number of halogens is 5. The Kier molecular flexibility index (Phi) is 6.80. The summed E-state index contributed by atoms with van der Waals surface area (Å²) in [4.78, 5) is 10.8. The molecule has 0 aliphatic heterocycles. The van der Waals surface area contributed by atoms with Gasteiger partial charge in [-0.15, -0.1) is 0 Å². The van der Waals surface area contributed by atoms with Crippen LogP contribution in [-0.4, -0.2) is 4.92 Å². The highest BCUT2D eigenvalue weighted by Gasteiger charge is 2.24. The zero-order valence-corrected chi connectivity index (χ0v) is 13.5. The fourth-order valence-electron chi connectivity index (χ4n) is 0.982. The second-order valence-corrected chi connectivity index (χ2v) is 6.46. The van der Waals surface area contributed by atoms with Crippen LogP contribution in [0.2, 0.25) is 5.02 Å². The van der Waals surface area contributed by atoms with Crippen LogP contribution in [0, 0.1) is 10.1 Å². The van der Waals surface area contributed by atoms with Gasteiger partial charge in [-0.1, -0.05) is 69.8 Å². The lowest BCUT2D eigenvalue weighted by Gasteiger charge is -2.02. The standard InChI is InChI=1S/C10H4Cl5NO2S/c11-5-1-3-6(4-2-5)19-10(15)8(16(17)18)7(12)9(13)14/h1-4H/b10-8-. The molecule has 1 aromatic rings. The van der Waals surface area contributed by atoms with Crippen LogP contribution < -0.4 is 0 Å². The van der Waals surface area contributed by atoms with Crippen molar-refractivity contribution in [1.29, 1.82) is 0 Å². The van der Waals surface area contributed by atoms with Gasteiger partial charge in [-0.2, -0.15) is 0 Å². The van der Waals surface area contributed by atoms with Gasteiger partial charge in [0.05, 0.1) is 4.92 Å². The largest absolute Gasteiger partial charge is 0.315 e. The summed E-state index contributed by atoms with van der Waals surface area (Å²) < 4.78 is -0.584. The van der Waals surface area contributed by atoms with E-state index >= 15 is 0 Å². The van der Waals surface area contributed by atoms with Crippen molar-refractivity contribution in [1.82, 2.24) is 0 Å². The fraction of sp³-hybridized carbons (Fsp3) is 0. The van der Waals surface area contributed by atoms with Gasteiger partial charge in [-0.3, -0.25) is 10.1 Å². The smallest absolute Gasteiger partial charge is 0.258 e. The van der Waals surface area contributed by atoms with E-state index in [-0.39, 0.29) is 4.36 Å². The normalized spacial score (nSPS) is 11.8. The SMILES string of the molecule is O=[N+]([O-])/C(C(Cl)=C(Cl)Cl)=C(/Cl)Sc1ccc(Cl)cc1. The van der Waals surface area contributed by atoms with Gasteiger partial charge in [-0.05, 0) is 24.3 Å². The van der Waals surface area contributed by atoms with Gasteiger partial charge in [-0.25, -0.2) is 0 Å². The molecule has 0 heterocycles.